The molecule has 1 unspecified atom stereocenters. The summed E-state index contributed by atoms with van der Waals surface area (Å²) in [6.45, 7) is 5.79. The van der Waals surface area contributed by atoms with Gasteiger partial charge in [-0.3, -0.25) is 0 Å². The molecule has 1 N–H and O–H groups in total. The SMILES string of the molecule is CNCC1CCCCN1c1nc(C)cn1CCOC. The number of anilines is 1. The van der Waals surface area contributed by atoms with E-state index < -0.39 is 0 Å². The summed E-state index contributed by atoms with van der Waals surface area (Å²) >= 11 is 0. The normalized spacial score (nSPS) is 19.9. The lowest BCUT2D eigenvalue weighted by Crippen LogP contribution is -2.46. The second kappa shape index (κ2) is 6.91. The van der Waals surface area contributed by atoms with Crippen molar-refractivity contribution in [3.8, 4) is 0 Å². The number of likely N-dealkylation sites (N-methyl/N-ethyl adjacent to an activating group) is 1. The molecule has 19 heavy (non-hydrogen) atoms. The van der Waals surface area contributed by atoms with Gasteiger partial charge in [0, 0.05) is 39.0 Å². The second-order valence-electron chi connectivity index (χ2n) is 5.27. The highest BCUT2D eigenvalue weighted by atomic mass is 16.5. The van der Waals surface area contributed by atoms with Gasteiger partial charge in [-0.1, -0.05) is 0 Å². The van der Waals surface area contributed by atoms with Crippen LogP contribution in [0.4, 0.5) is 5.95 Å². The molecule has 1 saturated heterocycles. The lowest BCUT2D eigenvalue weighted by molar-refractivity contribution is 0.187. The van der Waals surface area contributed by atoms with Gasteiger partial charge in [0.2, 0.25) is 5.95 Å². The average molecular weight is 266 g/mol. The number of ether oxygens (including phenoxy) is 1. The molecule has 5 nitrogen and oxygen atoms in total. The molecule has 0 radical (unpaired) electrons. The molecule has 0 aromatic carbocycles. The number of hydrogen-bond acceptors (Lipinski definition) is 4. The number of aromatic nitrogens is 2. The highest BCUT2D eigenvalue weighted by Crippen LogP contribution is 2.24. The van der Waals surface area contributed by atoms with Gasteiger partial charge in [0.15, 0.2) is 0 Å². The fourth-order valence-corrected chi connectivity index (χ4v) is 2.83. The van der Waals surface area contributed by atoms with E-state index >= 15 is 0 Å². The van der Waals surface area contributed by atoms with Gasteiger partial charge in [0.1, 0.15) is 0 Å². The third kappa shape index (κ3) is 3.48. The van der Waals surface area contributed by atoms with Crippen molar-refractivity contribution in [2.75, 3.05) is 38.8 Å². The van der Waals surface area contributed by atoms with Crippen LogP contribution in [0.1, 0.15) is 25.0 Å². The fraction of sp³-hybridized carbons (Fsp3) is 0.786. The van der Waals surface area contributed by atoms with Gasteiger partial charge in [-0.25, -0.2) is 4.98 Å². The largest absolute Gasteiger partial charge is 0.383 e. The summed E-state index contributed by atoms with van der Waals surface area (Å²) in [6, 6.07) is 0.557. The predicted molar refractivity (Wildman–Crippen MR) is 77.8 cm³/mol. The van der Waals surface area contributed by atoms with Crippen molar-refractivity contribution < 1.29 is 4.74 Å². The molecule has 1 fully saturated rings. The molecule has 2 rings (SSSR count). The van der Waals surface area contributed by atoms with E-state index in [2.05, 4.69) is 27.9 Å². The van der Waals surface area contributed by atoms with Crippen LogP contribution >= 0.6 is 0 Å². The Labute approximate surface area is 116 Å². The molecular formula is C14H26N4O. The van der Waals surface area contributed by atoms with E-state index in [4.69, 9.17) is 9.72 Å². The van der Waals surface area contributed by atoms with E-state index in [1.165, 1.54) is 19.3 Å². The third-order valence-corrected chi connectivity index (χ3v) is 3.74. The van der Waals surface area contributed by atoms with Gasteiger partial charge < -0.3 is 19.5 Å². The minimum Gasteiger partial charge on any atom is -0.383 e. The number of piperidine rings is 1. The Morgan fingerprint density at radius 3 is 3.05 bits per heavy atom. The molecule has 1 aromatic heterocycles. The number of methoxy groups -OCH3 is 1. The summed E-state index contributed by atoms with van der Waals surface area (Å²) in [5, 5.41) is 3.30. The van der Waals surface area contributed by atoms with Crippen molar-refractivity contribution in [2.24, 2.45) is 0 Å². The number of nitrogens with one attached hydrogen (secondary N) is 1. The summed E-state index contributed by atoms with van der Waals surface area (Å²) < 4.78 is 7.42. The van der Waals surface area contributed by atoms with Crippen molar-refractivity contribution in [1.82, 2.24) is 14.9 Å². The zero-order chi connectivity index (χ0) is 13.7. The maximum absolute atomic E-state index is 5.19. The highest BCUT2D eigenvalue weighted by molar-refractivity contribution is 5.36. The van der Waals surface area contributed by atoms with Crippen molar-refractivity contribution in [3.05, 3.63) is 11.9 Å². The number of aryl methyl sites for hydroxylation is 1. The van der Waals surface area contributed by atoms with Crippen LogP contribution in [0, 0.1) is 6.92 Å². The fourth-order valence-electron chi connectivity index (χ4n) is 2.83. The Morgan fingerprint density at radius 2 is 2.32 bits per heavy atom. The van der Waals surface area contributed by atoms with Gasteiger partial charge in [-0.05, 0) is 33.2 Å². The first-order valence-electron chi connectivity index (χ1n) is 7.20. The first-order valence-corrected chi connectivity index (χ1v) is 7.20. The van der Waals surface area contributed by atoms with Crippen LogP contribution in [0.25, 0.3) is 0 Å². The minimum atomic E-state index is 0.557. The zero-order valence-electron chi connectivity index (χ0n) is 12.4. The van der Waals surface area contributed by atoms with Crippen LogP contribution in [0.3, 0.4) is 0 Å². The minimum absolute atomic E-state index is 0.557. The molecule has 2 heterocycles. The Morgan fingerprint density at radius 1 is 1.47 bits per heavy atom. The van der Waals surface area contributed by atoms with Crippen molar-refractivity contribution >= 4 is 5.95 Å². The van der Waals surface area contributed by atoms with E-state index in [-0.39, 0.29) is 0 Å². The molecule has 0 saturated carbocycles. The maximum Gasteiger partial charge on any atom is 0.206 e. The van der Waals surface area contributed by atoms with Crippen molar-refractivity contribution in [3.63, 3.8) is 0 Å². The lowest BCUT2D eigenvalue weighted by Gasteiger charge is -2.36. The molecule has 1 aliphatic heterocycles. The molecule has 1 atom stereocenters. The number of imidazole rings is 1. The molecule has 0 spiro atoms. The standard InChI is InChI=1S/C14H26N4O/c1-12-11-17(8-9-19-3)14(16-12)18-7-5-4-6-13(18)10-15-2/h11,13,15H,4-10H2,1-3H3. The van der Waals surface area contributed by atoms with Crippen LogP contribution in [0.15, 0.2) is 6.20 Å². The molecule has 0 aliphatic carbocycles. The molecule has 108 valence electrons. The molecule has 1 aromatic rings. The Kier molecular flexibility index (Phi) is 5.22. The Bertz CT molecular complexity index is 389. The van der Waals surface area contributed by atoms with Crippen LogP contribution in [0.5, 0.6) is 0 Å². The van der Waals surface area contributed by atoms with Crippen LogP contribution in [-0.2, 0) is 11.3 Å². The van der Waals surface area contributed by atoms with Gasteiger partial charge >= 0.3 is 0 Å². The Hall–Kier alpha value is -1.07. The first-order chi connectivity index (χ1) is 9.26. The number of hydrogen-bond donors (Lipinski definition) is 1. The summed E-state index contributed by atoms with van der Waals surface area (Å²) in [7, 11) is 3.77. The van der Waals surface area contributed by atoms with Crippen LogP contribution in [-0.4, -0.2) is 49.4 Å². The van der Waals surface area contributed by atoms with E-state index in [1.807, 2.05) is 7.05 Å². The quantitative estimate of drug-likeness (QED) is 0.845. The summed E-state index contributed by atoms with van der Waals surface area (Å²) in [5.41, 5.74) is 1.08. The van der Waals surface area contributed by atoms with E-state index in [1.54, 1.807) is 7.11 Å². The summed E-state index contributed by atoms with van der Waals surface area (Å²) in [5.74, 6) is 1.11. The van der Waals surface area contributed by atoms with Gasteiger partial charge in [0.05, 0.1) is 12.3 Å². The van der Waals surface area contributed by atoms with Crippen LogP contribution in [0.2, 0.25) is 0 Å². The second-order valence-corrected chi connectivity index (χ2v) is 5.27. The molecule has 5 heteroatoms. The lowest BCUT2D eigenvalue weighted by atomic mass is 10.0. The first kappa shape index (κ1) is 14.3. The van der Waals surface area contributed by atoms with Gasteiger partial charge in [-0.2, -0.15) is 0 Å². The van der Waals surface area contributed by atoms with E-state index in [0.29, 0.717) is 6.04 Å². The van der Waals surface area contributed by atoms with Gasteiger partial charge in [-0.15, -0.1) is 0 Å². The average Bonchev–Trinajstić information content (AvgIpc) is 2.78. The van der Waals surface area contributed by atoms with E-state index in [0.717, 1.165) is 37.9 Å². The molecule has 0 amide bonds. The smallest absolute Gasteiger partial charge is 0.206 e. The van der Waals surface area contributed by atoms with Crippen molar-refractivity contribution in [2.45, 2.75) is 38.8 Å². The highest BCUT2D eigenvalue weighted by Gasteiger charge is 2.25. The van der Waals surface area contributed by atoms with Crippen LogP contribution < -0.4 is 10.2 Å². The van der Waals surface area contributed by atoms with Crippen molar-refractivity contribution in [1.29, 1.82) is 0 Å². The number of rotatable bonds is 6. The topological polar surface area (TPSA) is 42.3 Å². The molecular weight excluding hydrogens is 240 g/mol. The molecule has 1 aliphatic rings. The maximum atomic E-state index is 5.19. The number of nitrogens with zero attached hydrogens (tertiary/aromatic N) is 3. The molecule has 0 bridgehead atoms. The summed E-state index contributed by atoms with van der Waals surface area (Å²) in [6.07, 6.45) is 5.95. The van der Waals surface area contributed by atoms with Gasteiger partial charge in [0.25, 0.3) is 0 Å². The zero-order valence-corrected chi connectivity index (χ0v) is 12.4. The van der Waals surface area contributed by atoms with E-state index in [9.17, 15) is 0 Å². The Balaban J connectivity index is 2.17. The summed E-state index contributed by atoms with van der Waals surface area (Å²) in [4.78, 5) is 7.19. The third-order valence-electron chi connectivity index (χ3n) is 3.74. The monoisotopic (exact) mass is 266 g/mol. The predicted octanol–water partition coefficient (Wildman–Crippen LogP) is 1.42.